The number of piperidine rings is 1. The fourth-order valence-electron chi connectivity index (χ4n) is 2.47. The smallest absolute Gasteiger partial charge is 0.228 e. The number of amides is 1. The molecule has 0 aromatic heterocycles. The van der Waals surface area contributed by atoms with Gasteiger partial charge in [0.2, 0.25) is 5.91 Å². The van der Waals surface area contributed by atoms with Gasteiger partial charge in [0, 0.05) is 13.1 Å². The summed E-state index contributed by atoms with van der Waals surface area (Å²) in [6, 6.07) is 0.353. The second kappa shape index (κ2) is 5.67. The van der Waals surface area contributed by atoms with E-state index in [2.05, 4.69) is 26.1 Å². The van der Waals surface area contributed by atoms with Crippen molar-refractivity contribution < 1.29 is 4.79 Å². The van der Waals surface area contributed by atoms with E-state index in [1.807, 2.05) is 11.9 Å². The van der Waals surface area contributed by atoms with Crippen LogP contribution in [-0.2, 0) is 4.79 Å². The number of carbonyl (C=O) groups is 1. The maximum atomic E-state index is 12.5. The Kier molecular flexibility index (Phi) is 4.78. The van der Waals surface area contributed by atoms with Crippen LogP contribution in [0.2, 0.25) is 0 Å². The molecule has 1 amide bonds. The van der Waals surface area contributed by atoms with Crippen LogP contribution in [0, 0.1) is 5.41 Å². The molecule has 3 heteroatoms. The van der Waals surface area contributed by atoms with E-state index in [4.69, 9.17) is 0 Å². The normalized spacial score (nSPS) is 21.5. The summed E-state index contributed by atoms with van der Waals surface area (Å²) in [6.45, 7) is 8.37. The molecule has 0 spiro atoms. The van der Waals surface area contributed by atoms with Gasteiger partial charge in [-0.25, -0.2) is 0 Å². The molecule has 0 saturated carbocycles. The zero-order valence-corrected chi connectivity index (χ0v) is 11.2. The van der Waals surface area contributed by atoms with Crippen molar-refractivity contribution in [3.8, 4) is 0 Å². The average Bonchev–Trinajstić information content (AvgIpc) is 2.36. The summed E-state index contributed by atoms with van der Waals surface area (Å²) >= 11 is 0. The number of hydrogen-bond donors (Lipinski definition) is 1. The summed E-state index contributed by atoms with van der Waals surface area (Å²) in [6.07, 6.45) is 3.97. The van der Waals surface area contributed by atoms with Crippen molar-refractivity contribution >= 4 is 5.91 Å². The van der Waals surface area contributed by atoms with Gasteiger partial charge in [-0.05, 0) is 45.7 Å². The largest absolute Gasteiger partial charge is 0.343 e. The van der Waals surface area contributed by atoms with E-state index in [0.29, 0.717) is 11.9 Å². The molecule has 94 valence electrons. The molecule has 1 saturated heterocycles. The highest BCUT2D eigenvalue weighted by molar-refractivity contribution is 5.82. The third-order valence-corrected chi connectivity index (χ3v) is 4.26. The van der Waals surface area contributed by atoms with Gasteiger partial charge in [-0.1, -0.05) is 13.8 Å². The van der Waals surface area contributed by atoms with Crippen molar-refractivity contribution in [2.75, 3.05) is 20.1 Å². The Labute approximate surface area is 99.6 Å². The molecule has 0 aromatic carbocycles. The van der Waals surface area contributed by atoms with Gasteiger partial charge in [-0.2, -0.15) is 0 Å². The van der Waals surface area contributed by atoms with Crippen LogP contribution in [0.3, 0.4) is 0 Å². The first-order valence-corrected chi connectivity index (χ1v) is 6.55. The van der Waals surface area contributed by atoms with Crippen molar-refractivity contribution in [1.29, 1.82) is 0 Å². The van der Waals surface area contributed by atoms with Crippen LogP contribution >= 0.6 is 0 Å². The monoisotopic (exact) mass is 226 g/mol. The fourth-order valence-corrected chi connectivity index (χ4v) is 2.47. The van der Waals surface area contributed by atoms with Crippen LogP contribution in [0.25, 0.3) is 0 Å². The molecule has 1 aliphatic rings. The molecule has 1 N–H and O–H groups in total. The Bertz CT molecular complexity index is 234. The highest BCUT2D eigenvalue weighted by Gasteiger charge is 2.40. The minimum absolute atomic E-state index is 0.0938. The molecule has 1 aliphatic heterocycles. The molecule has 0 aliphatic carbocycles. The van der Waals surface area contributed by atoms with Crippen molar-refractivity contribution in [2.45, 2.75) is 52.5 Å². The van der Waals surface area contributed by atoms with Crippen LogP contribution in [0.4, 0.5) is 0 Å². The minimum Gasteiger partial charge on any atom is -0.343 e. The molecule has 1 heterocycles. The molecule has 3 nitrogen and oxygen atoms in total. The number of carbonyl (C=O) groups excluding carboxylic acids is 1. The average molecular weight is 226 g/mol. The minimum atomic E-state index is -0.0938. The molecule has 0 bridgehead atoms. The summed E-state index contributed by atoms with van der Waals surface area (Å²) in [5, 5.41) is 3.34. The molecule has 16 heavy (non-hydrogen) atoms. The van der Waals surface area contributed by atoms with Gasteiger partial charge >= 0.3 is 0 Å². The van der Waals surface area contributed by atoms with Crippen molar-refractivity contribution in [1.82, 2.24) is 10.2 Å². The lowest BCUT2D eigenvalue weighted by molar-refractivity contribution is -0.144. The summed E-state index contributed by atoms with van der Waals surface area (Å²) in [7, 11) is 1.95. The van der Waals surface area contributed by atoms with E-state index in [9.17, 15) is 4.79 Å². The van der Waals surface area contributed by atoms with Gasteiger partial charge in [0.15, 0.2) is 0 Å². The van der Waals surface area contributed by atoms with E-state index >= 15 is 0 Å². The van der Waals surface area contributed by atoms with Crippen LogP contribution in [0.5, 0.6) is 0 Å². The highest BCUT2D eigenvalue weighted by atomic mass is 16.2. The van der Waals surface area contributed by atoms with Crippen LogP contribution in [0.15, 0.2) is 0 Å². The molecule has 1 rings (SSSR count). The predicted octanol–water partition coefficient (Wildman–Crippen LogP) is 2.02. The topological polar surface area (TPSA) is 32.3 Å². The first kappa shape index (κ1) is 13.5. The molecule has 0 radical (unpaired) electrons. The summed E-state index contributed by atoms with van der Waals surface area (Å²) < 4.78 is 0. The number of nitrogens with zero attached hydrogens (tertiary/aromatic N) is 1. The highest BCUT2D eigenvalue weighted by Crippen LogP contribution is 2.34. The Morgan fingerprint density at radius 3 is 2.38 bits per heavy atom. The Balaban J connectivity index is 2.75. The van der Waals surface area contributed by atoms with Gasteiger partial charge in [-0.3, -0.25) is 4.79 Å². The molecule has 1 unspecified atom stereocenters. The van der Waals surface area contributed by atoms with Crippen LogP contribution in [0.1, 0.15) is 46.5 Å². The standard InChI is InChI=1S/C13H26N2O/c1-5-11(3)15(4)12(16)13(6-2)7-9-14-10-8-13/h11,14H,5-10H2,1-4H3. The fraction of sp³-hybridized carbons (Fsp3) is 0.923. The van der Waals surface area contributed by atoms with Crippen LogP contribution < -0.4 is 5.32 Å². The zero-order chi connectivity index (χ0) is 12.2. The first-order valence-electron chi connectivity index (χ1n) is 6.55. The van der Waals surface area contributed by atoms with Gasteiger partial charge in [0.25, 0.3) is 0 Å². The van der Waals surface area contributed by atoms with E-state index < -0.39 is 0 Å². The van der Waals surface area contributed by atoms with Crippen molar-refractivity contribution in [3.05, 3.63) is 0 Å². The van der Waals surface area contributed by atoms with E-state index in [1.165, 1.54) is 0 Å². The van der Waals surface area contributed by atoms with Gasteiger partial charge in [0.05, 0.1) is 5.41 Å². The Morgan fingerprint density at radius 2 is 1.94 bits per heavy atom. The first-order chi connectivity index (χ1) is 7.57. The van der Waals surface area contributed by atoms with Gasteiger partial charge in [0.1, 0.15) is 0 Å². The van der Waals surface area contributed by atoms with Crippen LogP contribution in [-0.4, -0.2) is 37.0 Å². The second-order valence-corrected chi connectivity index (χ2v) is 5.06. The van der Waals surface area contributed by atoms with E-state index in [0.717, 1.165) is 38.8 Å². The van der Waals surface area contributed by atoms with E-state index in [-0.39, 0.29) is 5.41 Å². The maximum Gasteiger partial charge on any atom is 0.228 e. The third kappa shape index (κ3) is 2.57. The lowest BCUT2D eigenvalue weighted by Gasteiger charge is -2.40. The predicted molar refractivity (Wildman–Crippen MR) is 67.4 cm³/mol. The van der Waals surface area contributed by atoms with Crippen molar-refractivity contribution in [3.63, 3.8) is 0 Å². The SMILES string of the molecule is CCC(C)N(C)C(=O)C1(CC)CCNCC1. The maximum absolute atomic E-state index is 12.5. The lowest BCUT2D eigenvalue weighted by Crippen LogP contribution is -2.50. The van der Waals surface area contributed by atoms with Gasteiger partial charge in [-0.15, -0.1) is 0 Å². The third-order valence-electron chi connectivity index (χ3n) is 4.26. The number of nitrogens with one attached hydrogen (secondary N) is 1. The Morgan fingerprint density at radius 1 is 1.38 bits per heavy atom. The zero-order valence-electron chi connectivity index (χ0n) is 11.2. The quantitative estimate of drug-likeness (QED) is 0.795. The summed E-state index contributed by atoms with van der Waals surface area (Å²) in [5.41, 5.74) is -0.0938. The molecular formula is C13H26N2O. The van der Waals surface area contributed by atoms with E-state index in [1.54, 1.807) is 0 Å². The van der Waals surface area contributed by atoms with Crippen molar-refractivity contribution in [2.24, 2.45) is 5.41 Å². The number of rotatable bonds is 4. The lowest BCUT2D eigenvalue weighted by atomic mass is 9.75. The number of hydrogen-bond acceptors (Lipinski definition) is 2. The molecule has 0 aromatic rings. The second-order valence-electron chi connectivity index (χ2n) is 5.06. The molecular weight excluding hydrogens is 200 g/mol. The molecule has 1 atom stereocenters. The Hall–Kier alpha value is -0.570. The summed E-state index contributed by atoms with van der Waals surface area (Å²) in [5.74, 6) is 0.353. The van der Waals surface area contributed by atoms with Gasteiger partial charge < -0.3 is 10.2 Å². The summed E-state index contributed by atoms with van der Waals surface area (Å²) in [4.78, 5) is 14.5. The molecule has 1 fully saturated rings.